The van der Waals surface area contributed by atoms with Crippen LogP contribution in [0.5, 0.6) is 0 Å². The van der Waals surface area contributed by atoms with Crippen LogP contribution in [-0.4, -0.2) is 9.55 Å². The van der Waals surface area contributed by atoms with E-state index in [4.69, 9.17) is 4.98 Å². The number of benzene rings is 3. The van der Waals surface area contributed by atoms with E-state index in [1.54, 1.807) is 0 Å². The van der Waals surface area contributed by atoms with Gasteiger partial charge in [-0.1, -0.05) is 87.9 Å². The van der Waals surface area contributed by atoms with Gasteiger partial charge in [-0.2, -0.15) is 0 Å². The predicted molar refractivity (Wildman–Crippen MR) is 119 cm³/mol. The van der Waals surface area contributed by atoms with Crippen LogP contribution in [-0.2, 0) is 0 Å². The van der Waals surface area contributed by atoms with E-state index in [0.29, 0.717) is 11.8 Å². The maximum Gasteiger partial charge on any atom is 0.145 e. The molecule has 0 saturated heterocycles. The molecule has 0 aliphatic rings. The Bertz CT molecular complexity index is 1090. The minimum Gasteiger partial charge on any atom is -0.292 e. The van der Waals surface area contributed by atoms with Crippen LogP contribution in [0.1, 0.15) is 56.2 Å². The molecular formula is C26H28N2. The van der Waals surface area contributed by atoms with Gasteiger partial charge in [0.15, 0.2) is 0 Å². The van der Waals surface area contributed by atoms with Crippen LogP contribution < -0.4 is 0 Å². The quantitative estimate of drug-likeness (QED) is 0.371. The molecule has 0 amide bonds. The molecule has 0 spiro atoms. The van der Waals surface area contributed by atoms with E-state index in [9.17, 15) is 0 Å². The van der Waals surface area contributed by atoms with Crippen LogP contribution in [0, 0.1) is 6.92 Å². The van der Waals surface area contributed by atoms with Gasteiger partial charge in [0.1, 0.15) is 5.82 Å². The highest BCUT2D eigenvalue weighted by atomic mass is 15.1. The van der Waals surface area contributed by atoms with E-state index in [1.807, 2.05) is 0 Å². The fourth-order valence-corrected chi connectivity index (χ4v) is 4.01. The van der Waals surface area contributed by atoms with E-state index in [2.05, 4.69) is 106 Å². The van der Waals surface area contributed by atoms with Gasteiger partial charge >= 0.3 is 0 Å². The SMILES string of the molecule is Cc1cc(C(C)C)c(-n2c(-c3ccccc3)nc3ccccc32)c(C(C)C)c1. The molecule has 1 aromatic heterocycles. The summed E-state index contributed by atoms with van der Waals surface area (Å²) in [5.74, 6) is 1.86. The van der Waals surface area contributed by atoms with Crippen molar-refractivity contribution in [2.24, 2.45) is 0 Å². The van der Waals surface area contributed by atoms with Crippen molar-refractivity contribution in [3.8, 4) is 17.1 Å². The highest BCUT2D eigenvalue weighted by molar-refractivity contribution is 5.84. The molecule has 0 fully saturated rings. The number of nitrogens with zero attached hydrogens (tertiary/aromatic N) is 2. The average molecular weight is 369 g/mol. The number of fused-ring (bicyclic) bond motifs is 1. The van der Waals surface area contributed by atoms with Gasteiger partial charge < -0.3 is 0 Å². The van der Waals surface area contributed by atoms with E-state index in [-0.39, 0.29) is 0 Å². The van der Waals surface area contributed by atoms with Crippen LogP contribution in [0.15, 0.2) is 66.7 Å². The molecule has 142 valence electrons. The lowest BCUT2D eigenvalue weighted by molar-refractivity contribution is 0.808. The molecule has 0 atom stereocenters. The van der Waals surface area contributed by atoms with Crippen LogP contribution in [0.25, 0.3) is 28.1 Å². The fraction of sp³-hybridized carbons (Fsp3) is 0.269. The first-order chi connectivity index (χ1) is 13.5. The molecule has 2 heteroatoms. The van der Waals surface area contributed by atoms with E-state index < -0.39 is 0 Å². The van der Waals surface area contributed by atoms with Crippen molar-refractivity contribution in [2.45, 2.75) is 46.5 Å². The molecule has 28 heavy (non-hydrogen) atoms. The maximum atomic E-state index is 5.05. The van der Waals surface area contributed by atoms with Crippen LogP contribution in [0.4, 0.5) is 0 Å². The Morgan fingerprint density at radius 1 is 0.750 bits per heavy atom. The Hall–Kier alpha value is -2.87. The Morgan fingerprint density at radius 2 is 1.32 bits per heavy atom. The Kier molecular flexibility index (Phi) is 4.80. The number of aryl methyl sites for hydroxylation is 1. The first-order valence-electron chi connectivity index (χ1n) is 10.1. The maximum absolute atomic E-state index is 5.05. The summed E-state index contributed by atoms with van der Waals surface area (Å²) in [4.78, 5) is 5.05. The molecule has 0 aliphatic carbocycles. The van der Waals surface area contributed by atoms with Gasteiger partial charge in [0.25, 0.3) is 0 Å². The van der Waals surface area contributed by atoms with E-state index in [0.717, 1.165) is 22.4 Å². The van der Waals surface area contributed by atoms with Gasteiger partial charge in [-0.15, -0.1) is 0 Å². The predicted octanol–water partition coefficient (Wildman–Crippen LogP) is 7.25. The second-order valence-electron chi connectivity index (χ2n) is 8.23. The van der Waals surface area contributed by atoms with Gasteiger partial charge in [-0.3, -0.25) is 4.57 Å². The molecule has 0 unspecified atom stereocenters. The second-order valence-corrected chi connectivity index (χ2v) is 8.23. The molecular weight excluding hydrogens is 340 g/mol. The van der Waals surface area contributed by atoms with Crippen molar-refractivity contribution < 1.29 is 0 Å². The fourth-order valence-electron chi connectivity index (χ4n) is 4.01. The zero-order chi connectivity index (χ0) is 19.8. The minimum absolute atomic E-state index is 0.428. The smallest absolute Gasteiger partial charge is 0.145 e. The third-order valence-electron chi connectivity index (χ3n) is 5.37. The van der Waals surface area contributed by atoms with Crippen LogP contribution in [0.2, 0.25) is 0 Å². The first kappa shape index (κ1) is 18.5. The number of para-hydroxylation sites is 2. The van der Waals surface area contributed by atoms with Crippen molar-refractivity contribution in [3.63, 3.8) is 0 Å². The molecule has 3 aromatic carbocycles. The lowest BCUT2D eigenvalue weighted by Gasteiger charge is -2.23. The van der Waals surface area contributed by atoms with Gasteiger partial charge in [-0.25, -0.2) is 4.98 Å². The molecule has 0 radical (unpaired) electrons. The summed E-state index contributed by atoms with van der Waals surface area (Å²) in [7, 11) is 0. The highest BCUT2D eigenvalue weighted by Gasteiger charge is 2.22. The summed E-state index contributed by atoms with van der Waals surface area (Å²) in [6.07, 6.45) is 0. The van der Waals surface area contributed by atoms with Gasteiger partial charge in [0, 0.05) is 5.56 Å². The minimum atomic E-state index is 0.428. The third kappa shape index (κ3) is 3.13. The Labute approximate surface area is 167 Å². The molecule has 0 aliphatic heterocycles. The molecule has 0 N–H and O–H groups in total. The van der Waals surface area contributed by atoms with Gasteiger partial charge in [0.05, 0.1) is 16.7 Å². The Morgan fingerprint density at radius 3 is 1.93 bits per heavy atom. The third-order valence-corrected chi connectivity index (χ3v) is 5.37. The standard InChI is InChI=1S/C26H28N2/c1-17(2)21-15-19(5)16-22(18(3)4)25(21)28-24-14-10-9-13-23(24)27-26(28)20-11-7-6-8-12-20/h6-18H,1-5H3. The van der Waals surface area contributed by atoms with E-state index >= 15 is 0 Å². The highest BCUT2D eigenvalue weighted by Crippen LogP contribution is 2.37. The average Bonchev–Trinajstić information content (AvgIpc) is 3.07. The molecule has 0 bridgehead atoms. The molecule has 2 nitrogen and oxygen atoms in total. The zero-order valence-corrected chi connectivity index (χ0v) is 17.4. The normalized spacial score (nSPS) is 11.7. The molecule has 1 heterocycles. The van der Waals surface area contributed by atoms with Crippen molar-refractivity contribution in [2.75, 3.05) is 0 Å². The Balaban J connectivity index is 2.16. The topological polar surface area (TPSA) is 17.8 Å². The summed E-state index contributed by atoms with van der Waals surface area (Å²) in [5, 5.41) is 0. The lowest BCUT2D eigenvalue weighted by Crippen LogP contribution is -2.09. The van der Waals surface area contributed by atoms with Crippen LogP contribution in [0.3, 0.4) is 0 Å². The number of aromatic nitrogens is 2. The lowest BCUT2D eigenvalue weighted by atomic mass is 9.90. The summed E-state index contributed by atoms with van der Waals surface area (Å²) < 4.78 is 2.38. The second kappa shape index (κ2) is 7.27. The molecule has 0 saturated carbocycles. The molecule has 4 aromatic rings. The van der Waals surface area contributed by atoms with Crippen molar-refractivity contribution in [1.29, 1.82) is 0 Å². The zero-order valence-electron chi connectivity index (χ0n) is 17.4. The first-order valence-corrected chi connectivity index (χ1v) is 10.1. The van der Waals surface area contributed by atoms with E-state index in [1.165, 1.54) is 22.4 Å². The van der Waals surface area contributed by atoms with Crippen molar-refractivity contribution in [3.05, 3.63) is 83.4 Å². The summed E-state index contributed by atoms with van der Waals surface area (Å²) in [6, 6.07) is 23.7. The summed E-state index contributed by atoms with van der Waals surface area (Å²) >= 11 is 0. The number of hydrogen-bond donors (Lipinski definition) is 0. The largest absolute Gasteiger partial charge is 0.292 e. The number of hydrogen-bond acceptors (Lipinski definition) is 1. The number of imidazole rings is 1. The van der Waals surface area contributed by atoms with Gasteiger partial charge in [0.2, 0.25) is 0 Å². The summed E-state index contributed by atoms with van der Waals surface area (Å²) in [6.45, 7) is 11.3. The van der Waals surface area contributed by atoms with Crippen molar-refractivity contribution in [1.82, 2.24) is 9.55 Å². The van der Waals surface area contributed by atoms with Crippen LogP contribution >= 0.6 is 0 Å². The number of rotatable bonds is 4. The van der Waals surface area contributed by atoms with Crippen molar-refractivity contribution >= 4 is 11.0 Å². The van der Waals surface area contributed by atoms with Gasteiger partial charge in [-0.05, 0) is 42.0 Å². The molecule has 4 rings (SSSR count). The summed E-state index contributed by atoms with van der Waals surface area (Å²) in [5.41, 5.74) is 8.71. The monoisotopic (exact) mass is 368 g/mol.